The van der Waals surface area contributed by atoms with E-state index >= 15 is 0 Å². The minimum absolute atomic E-state index is 0.00790. The normalized spacial score (nSPS) is 17.2. The number of rotatable bonds is 5. The van der Waals surface area contributed by atoms with Crippen molar-refractivity contribution in [1.29, 1.82) is 0 Å². The fourth-order valence-corrected chi connectivity index (χ4v) is 2.45. The maximum absolute atomic E-state index is 12.0. The molecule has 2 rings (SSSR count). The van der Waals surface area contributed by atoms with E-state index in [0.717, 1.165) is 25.0 Å². The van der Waals surface area contributed by atoms with Crippen molar-refractivity contribution in [2.75, 3.05) is 0 Å². The van der Waals surface area contributed by atoms with Crippen LogP contribution in [0.3, 0.4) is 0 Å². The van der Waals surface area contributed by atoms with E-state index in [1.165, 1.54) is 18.4 Å². The van der Waals surface area contributed by atoms with Gasteiger partial charge in [0.2, 0.25) is 0 Å². The van der Waals surface area contributed by atoms with Crippen molar-refractivity contribution >= 4 is 5.91 Å². The molecule has 1 fully saturated rings. The number of aryl methyl sites for hydroxylation is 1. The van der Waals surface area contributed by atoms with Crippen molar-refractivity contribution in [1.82, 2.24) is 5.32 Å². The molecule has 1 amide bonds. The first-order chi connectivity index (χ1) is 9.19. The molecule has 3 nitrogen and oxygen atoms in total. The average molecular weight is 261 g/mol. The number of amides is 1. The Kier molecular flexibility index (Phi) is 4.83. The summed E-state index contributed by atoms with van der Waals surface area (Å²) in [6.45, 7) is 3.92. The van der Waals surface area contributed by atoms with E-state index in [9.17, 15) is 4.79 Å². The number of nitrogens with one attached hydrogen (secondary N) is 1. The van der Waals surface area contributed by atoms with Gasteiger partial charge in [0.15, 0.2) is 6.10 Å². The van der Waals surface area contributed by atoms with Crippen LogP contribution in [0.4, 0.5) is 0 Å². The standard InChI is InChI=1S/C16H23NO2/c1-3-13-8-10-15(11-9-13)19-12(2)16(18)17-14-6-4-5-7-14/h8-12,14H,3-7H2,1-2H3,(H,17,18). The molecular formula is C16H23NO2. The summed E-state index contributed by atoms with van der Waals surface area (Å²) in [5.74, 6) is 0.748. The third-order valence-corrected chi connectivity index (χ3v) is 3.72. The smallest absolute Gasteiger partial charge is 0.260 e. The zero-order chi connectivity index (χ0) is 13.7. The van der Waals surface area contributed by atoms with Gasteiger partial charge in [-0.05, 0) is 43.9 Å². The van der Waals surface area contributed by atoms with Gasteiger partial charge in [-0.2, -0.15) is 0 Å². The van der Waals surface area contributed by atoms with Crippen LogP contribution in [0.5, 0.6) is 5.75 Å². The second-order valence-corrected chi connectivity index (χ2v) is 5.25. The van der Waals surface area contributed by atoms with E-state index in [0.29, 0.717) is 6.04 Å². The van der Waals surface area contributed by atoms with Gasteiger partial charge in [0.1, 0.15) is 5.75 Å². The van der Waals surface area contributed by atoms with Crippen LogP contribution in [0.2, 0.25) is 0 Å². The minimum Gasteiger partial charge on any atom is -0.481 e. The molecule has 1 aliphatic rings. The van der Waals surface area contributed by atoms with Gasteiger partial charge in [-0.1, -0.05) is 31.9 Å². The van der Waals surface area contributed by atoms with Crippen LogP contribution in [0.25, 0.3) is 0 Å². The van der Waals surface area contributed by atoms with Crippen LogP contribution in [0.15, 0.2) is 24.3 Å². The second-order valence-electron chi connectivity index (χ2n) is 5.25. The lowest BCUT2D eigenvalue weighted by Crippen LogP contribution is -2.41. The van der Waals surface area contributed by atoms with Crippen molar-refractivity contribution in [2.45, 2.75) is 58.1 Å². The second kappa shape index (κ2) is 6.60. The summed E-state index contributed by atoms with van der Waals surface area (Å²) in [6.07, 6.45) is 5.22. The molecule has 1 aromatic carbocycles. The molecule has 1 N–H and O–H groups in total. The first kappa shape index (κ1) is 13.9. The monoisotopic (exact) mass is 261 g/mol. The zero-order valence-electron chi connectivity index (χ0n) is 11.8. The van der Waals surface area contributed by atoms with Gasteiger partial charge in [0.05, 0.1) is 0 Å². The number of carbonyl (C=O) groups is 1. The minimum atomic E-state index is -0.437. The van der Waals surface area contributed by atoms with Crippen LogP contribution in [0.1, 0.15) is 45.1 Å². The molecule has 0 aliphatic heterocycles. The van der Waals surface area contributed by atoms with Crippen LogP contribution >= 0.6 is 0 Å². The van der Waals surface area contributed by atoms with Gasteiger partial charge in [-0.15, -0.1) is 0 Å². The van der Waals surface area contributed by atoms with E-state index in [1.807, 2.05) is 24.3 Å². The molecule has 1 unspecified atom stereocenters. The topological polar surface area (TPSA) is 38.3 Å². The highest BCUT2D eigenvalue weighted by atomic mass is 16.5. The van der Waals surface area contributed by atoms with E-state index in [-0.39, 0.29) is 5.91 Å². The third kappa shape index (κ3) is 3.98. The molecule has 104 valence electrons. The molecular weight excluding hydrogens is 238 g/mol. The predicted octanol–water partition coefficient (Wildman–Crippen LogP) is 3.08. The highest BCUT2D eigenvalue weighted by Gasteiger charge is 2.21. The fourth-order valence-electron chi connectivity index (χ4n) is 2.45. The number of hydrogen-bond donors (Lipinski definition) is 1. The molecule has 1 atom stereocenters. The number of hydrogen-bond acceptors (Lipinski definition) is 2. The summed E-state index contributed by atoms with van der Waals surface area (Å²) >= 11 is 0. The maximum atomic E-state index is 12.0. The maximum Gasteiger partial charge on any atom is 0.260 e. The summed E-state index contributed by atoms with van der Waals surface area (Å²) in [7, 11) is 0. The number of carbonyl (C=O) groups excluding carboxylic acids is 1. The lowest BCUT2D eigenvalue weighted by molar-refractivity contribution is -0.127. The molecule has 0 bridgehead atoms. The van der Waals surface area contributed by atoms with Crippen LogP contribution in [-0.2, 0) is 11.2 Å². The Morgan fingerprint density at radius 3 is 2.53 bits per heavy atom. The van der Waals surface area contributed by atoms with Crippen LogP contribution in [0, 0.1) is 0 Å². The van der Waals surface area contributed by atoms with E-state index < -0.39 is 6.10 Å². The molecule has 0 radical (unpaired) electrons. The molecule has 0 spiro atoms. The lowest BCUT2D eigenvalue weighted by Gasteiger charge is -2.18. The summed E-state index contributed by atoms with van der Waals surface area (Å²) < 4.78 is 5.67. The Bertz CT molecular complexity index is 407. The van der Waals surface area contributed by atoms with Crippen molar-refractivity contribution in [3.05, 3.63) is 29.8 Å². The highest BCUT2D eigenvalue weighted by Crippen LogP contribution is 2.18. The third-order valence-electron chi connectivity index (χ3n) is 3.72. The van der Waals surface area contributed by atoms with Gasteiger partial charge >= 0.3 is 0 Å². The van der Waals surface area contributed by atoms with Crippen LogP contribution in [-0.4, -0.2) is 18.1 Å². The SMILES string of the molecule is CCc1ccc(OC(C)C(=O)NC2CCCC2)cc1. The van der Waals surface area contributed by atoms with Gasteiger partial charge in [-0.3, -0.25) is 4.79 Å². The zero-order valence-corrected chi connectivity index (χ0v) is 11.8. The first-order valence-electron chi connectivity index (χ1n) is 7.25. The molecule has 3 heteroatoms. The Morgan fingerprint density at radius 2 is 1.95 bits per heavy atom. The van der Waals surface area contributed by atoms with E-state index in [1.54, 1.807) is 6.92 Å². The Morgan fingerprint density at radius 1 is 1.32 bits per heavy atom. The van der Waals surface area contributed by atoms with Gasteiger partial charge < -0.3 is 10.1 Å². The Hall–Kier alpha value is -1.51. The fraction of sp³-hybridized carbons (Fsp3) is 0.562. The largest absolute Gasteiger partial charge is 0.481 e. The Balaban J connectivity index is 1.84. The summed E-state index contributed by atoms with van der Waals surface area (Å²) in [5, 5.41) is 3.06. The molecule has 1 saturated carbocycles. The van der Waals surface area contributed by atoms with Gasteiger partial charge in [0, 0.05) is 6.04 Å². The van der Waals surface area contributed by atoms with Crippen molar-refractivity contribution in [2.24, 2.45) is 0 Å². The molecule has 19 heavy (non-hydrogen) atoms. The Labute approximate surface area is 115 Å². The van der Waals surface area contributed by atoms with Crippen molar-refractivity contribution < 1.29 is 9.53 Å². The number of ether oxygens (including phenoxy) is 1. The average Bonchev–Trinajstić information content (AvgIpc) is 2.92. The summed E-state index contributed by atoms with van der Waals surface area (Å²) in [6, 6.07) is 8.28. The highest BCUT2D eigenvalue weighted by molar-refractivity contribution is 5.81. The van der Waals surface area contributed by atoms with Crippen molar-refractivity contribution in [3.8, 4) is 5.75 Å². The first-order valence-corrected chi connectivity index (χ1v) is 7.25. The molecule has 0 saturated heterocycles. The number of benzene rings is 1. The lowest BCUT2D eigenvalue weighted by atomic mass is 10.2. The van der Waals surface area contributed by atoms with Gasteiger partial charge in [-0.25, -0.2) is 0 Å². The van der Waals surface area contributed by atoms with E-state index in [2.05, 4.69) is 12.2 Å². The summed E-state index contributed by atoms with van der Waals surface area (Å²) in [5.41, 5.74) is 1.27. The predicted molar refractivity (Wildman–Crippen MR) is 76.3 cm³/mol. The van der Waals surface area contributed by atoms with Gasteiger partial charge in [0.25, 0.3) is 5.91 Å². The summed E-state index contributed by atoms with van der Waals surface area (Å²) in [4.78, 5) is 12.0. The molecule has 1 aromatic rings. The quantitative estimate of drug-likeness (QED) is 0.884. The molecule has 0 aromatic heterocycles. The van der Waals surface area contributed by atoms with Crippen LogP contribution < -0.4 is 10.1 Å². The molecule has 0 heterocycles. The molecule has 1 aliphatic carbocycles. The van der Waals surface area contributed by atoms with E-state index in [4.69, 9.17) is 4.74 Å². The van der Waals surface area contributed by atoms with Crippen molar-refractivity contribution in [3.63, 3.8) is 0 Å².